The van der Waals surface area contributed by atoms with Gasteiger partial charge in [-0.1, -0.05) is 65.3 Å². The average molecular weight is 596 g/mol. The van der Waals surface area contributed by atoms with Crippen molar-refractivity contribution < 1.29 is 18.8 Å². The minimum atomic E-state index is -0.347. The van der Waals surface area contributed by atoms with Crippen LogP contribution in [0.15, 0.2) is 71.2 Å². The normalized spacial score (nSPS) is 20.3. The first kappa shape index (κ1) is 31.8. The summed E-state index contributed by atoms with van der Waals surface area (Å²) in [5.74, 6) is 2.72. The first-order chi connectivity index (χ1) is 20.7. The number of hydrogen-bond donors (Lipinski definition) is 0. The summed E-state index contributed by atoms with van der Waals surface area (Å²) in [6.45, 7) is 22.0. The molecule has 0 amide bonds. The molecule has 44 heavy (non-hydrogen) atoms. The summed E-state index contributed by atoms with van der Waals surface area (Å²) in [7, 11) is 3.41. The number of aryl methyl sites for hydroxylation is 1. The molecule has 3 aliphatic rings. The van der Waals surface area contributed by atoms with Crippen molar-refractivity contribution in [3.8, 4) is 5.75 Å². The molecular weight excluding hydrogens is 544 g/mol. The van der Waals surface area contributed by atoms with Gasteiger partial charge in [0.15, 0.2) is 5.71 Å². The second-order valence-corrected chi connectivity index (χ2v) is 14.5. The van der Waals surface area contributed by atoms with Crippen LogP contribution in [0.25, 0.3) is 0 Å². The lowest BCUT2D eigenvalue weighted by Crippen LogP contribution is -2.33. The van der Waals surface area contributed by atoms with Crippen molar-refractivity contribution in [3.05, 3.63) is 87.8 Å². The Hall–Kier alpha value is -3.60. The molecule has 5 rings (SSSR count). The summed E-state index contributed by atoms with van der Waals surface area (Å²) in [4.78, 5) is 16.5. The molecule has 2 aromatic carbocycles. The Kier molecular flexibility index (Phi) is 8.48. The Morgan fingerprint density at radius 3 is 2.25 bits per heavy atom. The maximum absolute atomic E-state index is 14.1. The monoisotopic (exact) mass is 595 g/mol. The van der Waals surface area contributed by atoms with Crippen molar-refractivity contribution >= 4 is 22.9 Å². The zero-order valence-corrected chi connectivity index (χ0v) is 28.7. The molecule has 0 aromatic heterocycles. The molecule has 2 aliphatic heterocycles. The number of nitrogens with zero attached hydrogens (tertiary/aromatic N) is 2. The van der Waals surface area contributed by atoms with E-state index in [1.807, 2.05) is 6.07 Å². The van der Waals surface area contributed by atoms with Gasteiger partial charge in [-0.2, -0.15) is 4.58 Å². The quantitative estimate of drug-likeness (QED) is 0.204. The van der Waals surface area contributed by atoms with Gasteiger partial charge in [0.2, 0.25) is 11.5 Å². The van der Waals surface area contributed by atoms with Gasteiger partial charge >= 0.3 is 0 Å². The van der Waals surface area contributed by atoms with Gasteiger partial charge in [-0.15, -0.1) is 0 Å². The molecule has 5 nitrogen and oxygen atoms in total. The van der Waals surface area contributed by atoms with E-state index < -0.39 is 0 Å². The number of fused-ring (bicyclic) bond motifs is 2. The van der Waals surface area contributed by atoms with Crippen LogP contribution in [0, 0.1) is 18.8 Å². The first-order valence-corrected chi connectivity index (χ1v) is 16.2. The Morgan fingerprint density at radius 2 is 1.61 bits per heavy atom. The molecule has 0 saturated carbocycles. The van der Waals surface area contributed by atoms with Gasteiger partial charge in [-0.05, 0) is 62.8 Å². The molecule has 0 saturated heterocycles. The van der Waals surface area contributed by atoms with Crippen molar-refractivity contribution in [1.29, 1.82) is 0 Å². The summed E-state index contributed by atoms with van der Waals surface area (Å²) in [5, 5.41) is 0. The number of carbonyl (C=O) groups excluding carboxylic acids is 1. The molecule has 2 heterocycles. The number of carbonyl (C=O) groups is 1. The number of methoxy groups -OCH3 is 2. The zero-order valence-electron chi connectivity index (χ0n) is 28.7. The van der Waals surface area contributed by atoms with E-state index in [1.54, 1.807) is 14.2 Å². The second kappa shape index (κ2) is 11.7. The van der Waals surface area contributed by atoms with Crippen LogP contribution in [-0.4, -0.2) is 43.4 Å². The van der Waals surface area contributed by atoms with Crippen LogP contribution < -0.4 is 9.64 Å². The van der Waals surface area contributed by atoms with E-state index in [9.17, 15) is 4.79 Å². The maximum atomic E-state index is 14.1. The Morgan fingerprint density at radius 1 is 0.909 bits per heavy atom. The molecule has 2 aromatic rings. The third-order valence-corrected chi connectivity index (χ3v) is 9.72. The minimum absolute atomic E-state index is 0.0381. The summed E-state index contributed by atoms with van der Waals surface area (Å²) in [6, 6.07) is 13.0. The highest BCUT2D eigenvalue weighted by Gasteiger charge is 2.49. The Labute approximate surface area is 265 Å². The predicted octanol–water partition coefficient (Wildman–Crippen LogP) is 8.56. The molecule has 5 heteroatoms. The molecular formula is C39H51N2O3+. The summed E-state index contributed by atoms with van der Waals surface area (Å²) in [5.41, 5.74) is 9.08. The maximum Gasteiger partial charge on any atom is 0.213 e. The Balaban J connectivity index is 1.62. The zero-order chi connectivity index (χ0) is 32.1. The van der Waals surface area contributed by atoms with Crippen LogP contribution in [-0.2, 0) is 20.4 Å². The van der Waals surface area contributed by atoms with E-state index in [1.165, 1.54) is 16.8 Å². The highest BCUT2D eigenvalue weighted by molar-refractivity contribution is 6.24. The molecule has 0 unspecified atom stereocenters. The number of hydrogen-bond acceptors (Lipinski definition) is 4. The fourth-order valence-electron chi connectivity index (χ4n) is 7.09. The minimum Gasteiger partial charge on any atom is -0.496 e. The number of ketones is 1. The number of rotatable bonds is 10. The van der Waals surface area contributed by atoms with E-state index in [4.69, 9.17) is 9.47 Å². The number of anilines is 1. The molecule has 1 aliphatic carbocycles. The molecule has 0 bridgehead atoms. The first-order valence-electron chi connectivity index (χ1n) is 16.2. The standard InChI is InChI=1S/C39H51N2O3/c1-24(2)17-19-40-30-16-15-26(5)21-29(30)38(6,7)33(40)22-27-36(42)28(37(27)44-11)23-34-39(8,9)35-31(13-12-14-32(35)43-10)41(34)20-18-25(3)4/h12-16,21-25H,17-20H2,1-11H3/q+1. The van der Waals surface area contributed by atoms with E-state index in [0.29, 0.717) is 28.7 Å². The highest BCUT2D eigenvalue weighted by atomic mass is 16.5. The van der Waals surface area contributed by atoms with Gasteiger partial charge in [0.05, 0.1) is 36.3 Å². The van der Waals surface area contributed by atoms with Crippen LogP contribution in [0.1, 0.15) is 84.9 Å². The molecule has 0 fully saturated rings. The van der Waals surface area contributed by atoms with Gasteiger partial charge in [0.25, 0.3) is 0 Å². The van der Waals surface area contributed by atoms with Crippen LogP contribution in [0.3, 0.4) is 0 Å². The van der Waals surface area contributed by atoms with Gasteiger partial charge < -0.3 is 14.4 Å². The predicted molar refractivity (Wildman–Crippen MR) is 181 cm³/mol. The van der Waals surface area contributed by atoms with Gasteiger partial charge in [-0.25, -0.2) is 0 Å². The number of ether oxygens (including phenoxy) is 2. The van der Waals surface area contributed by atoms with Crippen molar-refractivity contribution in [2.75, 3.05) is 32.2 Å². The van der Waals surface area contributed by atoms with Crippen LogP contribution in [0.4, 0.5) is 11.4 Å². The van der Waals surface area contributed by atoms with E-state index in [0.717, 1.165) is 54.3 Å². The fraction of sp³-hybridized carbons (Fsp3) is 0.487. The van der Waals surface area contributed by atoms with Crippen molar-refractivity contribution in [1.82, 2.24) is 0 Å². The third kappa shape index (κ3) is 5.22. The lowest BCUT2D eigenvalue weighted by atomic mass is 9.77. The van der Waals surface area contributed by atoms with E-state index >= 15 is 0 Å². The summed E-state index contributed by atoms with van der Waals surface area (Å²) >= 11 is 0. The van der Waals surface area contributed by atoms with Crippen molar-refractivity contribution in [2.24, 2.45) is 11.8 Å². The topological polar surface area (TPSA) is 41.8 Å². The number of benzene rings is 2. The number of allylic oxidation sites excluding steroid dienone is 5. The molecule has 0 spiro atoms. The fourth-order valence-corrected chi connectivity index (χ4v) is 7.09. The van der Waals surface area contributed by atoms with E-state index in [2.05, 4.69) is 114 Å². The second-order valence-electron chi connectivity index (χ2n) is 14.5. The van der Waals surface area contributed by atoms with Gasteiger partial charge in [0, 0.05) is 41.9 Å². The largest absolute Gasteiger partial charge is 0.496 e. The third-order valence-electron chi connectivity index (χ3n) is 9.72. The van der Waals surface area contributed by atoms with Crippen LogP contribution in [0.5, 0.6) is 5.75 Å². The smallest absolute Gasteiger partial charge is 0.213 e. The molecule has 0 atom stereocenters. The molecule has 0 radical (unpaired) electrons. The van der Waals surface area contributed by atoms with Crippen molar-refractivity contribution in [3.63, 3.8) is 0 Å². The van der Waals surface area contributed by atoms with Crippen molar-refractivity contribution in [2.45, 2.75) is 86.0 Å². The molecule has 0 N–H and O–H groups in total. The highest BCUT2D eigenvalue weighted by Crippen LogP contribution is 2.50. The lowest BCUT2D eigenvalue weighted by molar-refractivity contribution is -0.439. The van der Waals surface area contributed by atoms with Crippen LogP contribution >= 0.6 is 0 Å². The Bertz CT molecular complexity index is 1610. The summed E-state index contributed by atoms with van der Waals surface area (Å²) in [6.07, 6.45) is 6.29. The van der Waals surface area contributed by atoms with Gasteiger partial charge in [0.1, 0.15) is 18.1 Å². The summed E-state index contributed by atoms with van der Waals surface area (Å²) < 4.78 is 14.2. The molecule has 234 valence electrons. The SMILES string of the molecule is COC1=C(C=C2N(CCC(C)C)c3ccc(C)cc3C2(C)C)C(=O)C1=CC1=[N+](CCC(C)C)c2cccc(OC)c2C1(C)C. The lowest BCUT2D eigenvalue weighted by Gasteiger charge is -2.30. The van der Waals surface area contributed by atoms with E-state index in [-0.39, 0.29) is 16.6 Å². The van der Waals surface area contributed by atoms with Gasteiger partial charge in [-0.3, -0.25) is 4.79 Å². The average Bonchev–Trinajstić information content (AvgIpc) is 3.31. The van der Waals surface area contributed by atoms with Crippen LogP contribution in [0.2, 0.25) is 0 Å². The number of Topliss-reactive ketones (excluding diaryl/α,β-unsaturated/α-hetero) is 1.